The van der Waals surface area contributed by atoms with Crippen molar-refractivity contribution in [2.45, 2.75) is 30.2 Å². The zero-order valence-corrected chi connectivity index (χ0v) is 13.9. The van der Waals surface area contributed by atoms with E-state index in [1.54, 1.807) is 0 Å². The molecule has 8 heteroatoms. The summed E-state index contributed by atoms with van der Waals surface area (Å²) < 4.78 is 26.2. The number of rotatable bonds is 7. The van der Waals surface area contributed by atoms with Crippen LogP contribution in [0.2, 0.25) is 0 Å². The van der Waals surface area contributed by atoms with Crippen LogP contribution in [0, 0.1) is 5.92 Å². The van der Waals surface area contributed by atoms with Crippen LogP contribution in [0.4, 0.5) is 0 Å². The fraction of sp³-hybridized carbons (Fsp3) is 0.375. The summed E-state index contributed by atoms with van der Waals surface area (Å²) in [5.41, 5.74) is 0.330. The van der Waals surface area contributed by atoms with Crippen molar-refractivity contribution in [3.63, 3.8) is 0 Å². The first-order valence-corrected chi connectivity index (χ1v) is 9.06. The number of carboxylic acids is 1. The van der Waals surface area contributed by atoms with Gasteiger partial charge in [-0.25, -0.2) is 13.1 Å². The molecule has 0 radical (unpaired) electrons. The number of benzene rings is 1. The van der Waals surface area contributed by atoms with Gasteiger partial charge in [0.25, 0.3) is 5.91 Å². The van der Waals surface area contributed by atoms with E-state index in [1.165, 1.54) is 30.3 Å². The van der Waals surface area contributed by atoms with Crippen LogP contribution in [-0.4, -0.2) is 38.0 Å². The molecule has 1 saturated carbocycles. The lowest BCUT2D eigenvalue weighted by atomic mass is 10.1. The van der Waals surface area contributed by atoms with Gasteiger partial charge >= 0.3 is 5.97 Å². The zero-order chi connectivity index (χ0) is 17.7. The molecule has 1 aromatic carbocycles. The largest absolute Gasteiger partial charge is 0.481 e. The van der Waals surface area contributed by atoms with Crippen molar-refractivity contribution in [3.8, 4) is 0 Å². The Kier molecular flexibility index (Phi) is 5.74. The average molecular weight is 352 g/mol. The van der Waals surface area contributed by atoms with E-state index in [1.807, 2.05) is 0 Å². The monoisotopic (exact) mass is 352 g/mol. The molecule has 0 bridgehead atoms. The van der Waals surface area contributed by atoms with Crippen molar-refractivity contribution >= 4 is 21.9 Å². The highest BCUT2D eigenvalue weighted by molar-refractivity contribution is 7.89. The van der Waals surface area contributed by atoms with E-state index < -0.39 is 21.9 Å². The standard InChI is InChI=1S/C16H20N2O5S/c1-2-9-17-24(22,23)14-7-4-11(5-8-14)15(19)18-13-6-3-12(10-13)16(20)21/h2,4-5,7-8,12-13,17H,1,3,6,9-10H2,(H,18,19)(H,20,21)/t12-,13+/m1/s1. The van der Waals surface area contributed by atoms with E-state index in [9.17, 15) is 18.0 Å². The van der Waals surface area contributed by atoms with Crippen molar-refractivity contribution in [2.24, 2.45) is 5.92 Å². The Hall–Kier alpha value is -2.19. The van der Waals surface area contributed by atoms with Crippen LogP contribution in [-0.2, 0) is 14.8 Å². The van der Waals surface area contributed by atoms with E-state index in [2.05, 4.69) is 16.6 Å². The molecule has 2 rings (SSSR count). The van der Waals surface area contributed by atoms with Crippen LogP contribution >= 0.6 is 0 Å². The van der Waals surface area contributed by atoms with Gasteiger partial charge in [0.05, 0.1) is 10.8 Å². The summed E-state index contributed by atoms with van der Waals surface area (Å²) >= 11 is 0. The van der Waals surface area contributed by atoms with Gasteiger partial charge in [-0.05, 0) is 43.5 Å². The Morgan fingerprint density at radius 2 is 1.92 bits per heavy atom. The molecule has 130 valence electrons. The molecule has 0 aromatic heterocycles. The second kappa shape index (κ2) is 7.59. The summed E-state index contributed by atoms with van der Waals surface area (Å²) in [4.78, 5) is 23.2. The van der Waals surface area contributed by atoms with Crippen molar-refractivity contribution in [1.29, 1.82) is 0 Å². The molecule has 1 aliphatic carbocycles. The van der Waals surface area contributed by atoms with Gasteiger partial charge in [-0.3, -0.25) is 9.59 Å². The Bertz CT molecular complexity index is 727. The first kappa shape index (κ1) is 18.2. The molecule has 24 heavy (non-hydrogen) atoms. The predicted octanol–water partition coefficient (Wildman–Crippen LogP) is 1.13. The van der Waals surface area contributed by atoms with Gasteiger partial charge in [0.1, 0.15) is 0 Å². The highest BCUT2D eigenvalue weighted by Crippen LogP contribution is 2.26. The minimum absolute atomic E-state index is 0.0627. The first-order valence-electron chi connectivity index (χ1n) is 7.58. The second-order valence-electron chi connectivity index (χ2n) is 5.68. The van der Waals surface area contributed by atoms with Crippen molar-refractivity contribution in [1.82, 2.24) is 10.0 Å². The van der Waals surface area contributed by atoms with E-state index in [0.717, 1.165) is 0 Å². The number of carbonyl (C=O) groups is 2. The lowest BCUT2D eigenvalue weighted by molar-refractivity contribution is -0.141. The molecule has 0 saturated heterocycles. The Labute approximate surface area is 140 Å². The number of carbonyl (C=O) groups excluding carboxylic acids is 1. The lowest BCUT2D eigenvalue weighted by Crippen LogP contribution is -2.33. The van der Waals surface area contributed by atoms with Crippen LogP contribution in [0.25, 0.3) is 0 Å². The van der Waals surface area contributed by atoms with Crippen molar-refractivity contribution < 1.29 is 23.1 Å². The Balaban J connectivity index is 1.99. The van der Waals surface area contributed by atoms with Crippen LogP contribution in [0.1, 0.15) is 29.6 Å². The SMILES string of the molecule is C=CCNS(=O)(=O)c1ccc(C(=O)N[C@H]2CC[C@@H](C(=O)O)C2)cc1. The molecule has 0 heterocycles. The number of nitrogens with one attached hydrogen (secondary N) is 2. The normalized spacial score (nSPS) is 20.5. The molecule has 0 aliphatic heterocycles. The second-order valence-corrected chi connectivity index (χ2v) is 7.45. The number of amides is 1. The molecular weight excluding hydrogens is 332 g/mol. The smallest absolute Gasteiger partial charge is 0.306 e. The van der Waals surface area contributed by atoms with Crippen LogP contribution in [0.5, 0.6) is 0 Å². The van der Waals surface area contributed by atoms with Gasteiger partial charge in [0.15, 0.2) is 0 Å². The Morgan fingerprint density at radius 1 is 1.25 bits per heavy atom. The quantitative estimate of drug-likeness (QED) is 0.637. The van der Waals surface area contributed by atoms with Crippen LogP contribution in [0.15, 0.2) is 41.8 Å². The number of aliphatic carboxylic acids is 1. The van der Waals surface area contributed by atoms with E-state index in [0.29, 0.717) is 24.8 Å². The predicted molar refractivity (Wildman–Crippen MR) is 88.1 cm³/mol. The average Bonchev–Trinajstić information content (AvgIpc) is 3.02. The number of sulfonamides is 1. The molecule has 1 fully saturated rings. The van der Waals surface area contributed by atoms with Gasteiger partial charge in [0, 0.05) is 18.2 Å². The van der Waals surface area contributed by atoms with Gasteiger partial charge in [-0.15, -0.1) is 6.58 Å². The van der Waals surface area contributed by atoms with Gasteiger partial charge in [-0.1, -0.05) is 6.08 Å². The van der Waals surface area contributed by atoms with E-state index >= 15 is 0 Å². The summed E-state index contributed by atoms with van der Waals surface area (Å²) in [6.07, 6.45) is 3.03. The third-order valence-corrected chi connectivity index (χ3v) is 5.40. The Morgan fingerprint density at radius 3 is 2.46 bits per heavy atom. The minimum Gasteiger partial charge on any atom is -0.481 e. The van der Waals surface area contributed by atoms with E-state index in [4.69, 9.17) is 5.11 Å². The van der Waals surface area contributed by atoms with Crippen molar-refractivity contribution in [3.05, 3.63) is 42.5 Å². The fourth-order valence-electron chi connectivity index (χ4n) is 2.64. The third kappa shape index (κ3) is 4.42. The molecule has 1 aliphatic rings. The first-order chi connectivity index (χ1) is 11.3. The maximum absolute atomic E-state index is 12.2. The third-order valence-electron chi connectivity index (χ3n) is 3.96. The number of carboxylic acid groups (broad SMARTS) is 1. The molecule has 7 nitrogen and oxygen atoms in total. The van der Waals surface area contributed by atoms with Gasteiger partial charge in [-0.2, -0.15) is 0 Å². The summed E-state index contributed by atoms with van der Waals surface area (Å²) in [6.45, 7) is 3.57. The van der Waals surface area contributed by atoms with Crippen molar-refractivity contribution in [2.75, 3.05) is 6.54 Å². The van der Waals surface area contributed by atoms with Gasteiger partial charge in [0.2, 0.25) is 10.0 Å². The minimum atomic E-state index is -3.62. The van der Waals surface area contributed by atoms with Crippen LogP contribution < -0.4 is 10.0 Å². The lowest BCUT2D eigenvalue weighted by Gasteiger charge is -2.13. The molecule has 1 aromatic rings. The topological polar surface area (TPSA) is 113 Å². The van der Waals surface area contributed by atoms with Crippen LogP contribution in [0.3, 0.4) is 0 Å². The maximum atomic E-state index is 12.2. The number of hydrogen-bond donors (Lipinski definition) is 3. The molecule has 3 N–H and O–H groups in total. The highest BCUT2D eigenvalue weighted by Gasteiger charge is 2.30. The summed E-state index contributed by atoms with van der Waals surface area (Å²) in [6, 6.07) is 5.41. The molecule has 1 amide bonds. The molecule has 0 spiro atoms. The molecule has 2 atom stereocenters. The number of hydrogen-bond acceptors (Lipinski definition) is 4. The molecule has 0 unspecified atom stereocenters. The fourth-order valence-corrected chi connectivity index (χ4v) is 3.64. The maximum Gasteiger partial charge on any atom is 0.306 e. The highest BCUT2D eigenvalue weighted by atomic mass is 32.2. The summed E-state index contributed by atoms with van der Waals surface area (Å²) in [5.74, 6) is -1.60. The summed E-state index contributed by atoms with van der Waals surface area (Å²) in [7, 11) is -3.62. The van der Waals surface area contributed by atoms with E-state index in [-0.39, 0.29) is 23.4 Å². The molecular formula is C16H20N2O5S. The van der Waals surface area contributed by atoms with Gasteiger partial charge < -0.3 is 10.4 Å². The zero-order valence-electron chi connectivity index (χ0n) is 13.1. The summed E-state index contributed by atoms with van der Waals surface area (Å²) in [5, 5.41) is 11.8.